The van der Waals surface area contributed by atoms with Crippen LogP contribution in [0, 0.1) is 24.4 Å². The van der Waals surface area contributed by atoms with Crippen LogP contribution in [0.2, 0.25) is 0 Å². The highest BCUT2D eigenvalue weighted by atomic mass is 19.2. The number of halogens is 3. The summed E-state index contributed by atoms with van der Waals surface area (Å²) in [7, 11) is 0. The molecule has 2 aromatic rings. The molecule has 104 valence electrons. The molecule has 0 unspecified atom stereocenters. The highest BCUT2D eigenvalue weighted by Crippen LogP contribution is 2.22. The number of nitrogens with one attached hydrogen (secondary N) is 1. The zero-order valence-electron chi connectivity index (χ0n) is 10.2. The van der Waals surface area contributed by atoms with Gasteiger partial charge in [0.1, 0.15) is 11.6 Å². The summed E-state index contributed by atoms with van der Waals surface area (Å²) in [5.41, 5.74) is -0.0781. The number of carboxylic acids is 1. The molecular weight excluding hydrogens is 273 g/mol. The Morgan fingerprint density at radius 1 is 1.15 bits per heavy atom. The quantitative estimate of drug-likeness (QED) is 0.848. The number of hydrogen-bond donors (Lipinski definition) is 2. The van der Waals surface area contributed by atoms with Gasteiger partial charge in [-0.3, -0.25) is 0 Å². The zero-order chi connectivity index (χ0) is 14.9. The molecule has 0 aliphatic heterocycles. The van der Waals surface area contributed by atoms with Crippen molar-refractivity contribution in [3.63, 3.8) is 0 Å². The van der Waals surface area contributed by atoms with Crippen LogP contribution >= 0.6 is 0 Å². The second-order valence-electron chi connectivity index (χ2n) is 4.01. The lowest BCUT2D eigenvalue weighted by molar-refractivity contribution is 0.0695. The highest BCUT2D eigenvalue weighted by Gasteiger charge is 2.12. The van der Waals surface area contributed by atoms with Crippen molar-refractivity contribution in [1.29, 1.82) is 0 Å². The molecular formula is C13H9F3N2O2. The van der Waals surface area contributed by atoms with Crippen molar-refractivity contribution in [1.82, 2.24) is 4.98 Å². The molecule has 0 bridgehead atoms. The first-order valence-electron chi connectivity index (χ1n) is 5.51. The maximum absolute atomic E-state index is 13.4. The van der Waals surface area contributed by atoms with Gasteiger partial charge in [-0.1, -0.05) is 0 Å². The van der Waals surface area contributed by atoms with Crippen molar-refractivity contribution in [3.05, 3.63) is 53.0 Å². The smallest absolute Gasteiger partial charge is 0.337 e. The van der Waals surface area contributed by atoms with Gasteiger partial charge in [0.25, 0.3) is 0 Å². The average Bonchev–Trinajstić information content (AvgIpc) is 2.35. The summed E-state index contributed by atoms with van der Waals surface area (Å²) in [6.45, 7) is 1.47. The van der Waals surface area contributed by atoms with Crippen molar-refractivity contribution in [2.45, 2.75) is 6.92 Å². The number of hydrogen-bond acceptors (Lipinski definition) is 3. The van der Waals surface area contributed by atoms with Crippen molar-refractivity contribution < 1.29 is 23.1 Å². The molecule has 0 aliphatic carbocycles. The predicted molar refractivity (Wildman–Crippen MR) is 65.5 cm³/mol. The Morgan fingerprint density at radius 2 is 1.80 bits per heavy atom. The van der Waals surface area contributed by atoms with Crippen molar-refractivity contribution >= 4 is 17.5 Å². The first kappa shape index (κ1) is 13.9. The van der Waals surface area contributed by atoms with Gasteiger partial charge >= 0.3 is 5.97 Å². The Hall–Kier alpha value is -2.57. The number of benzene rings is 1. The van der Waals surface area contributed by atoms with E-state index in [9.17, 15) is 18.0 Å². The maximum atomic E-state index is 13.4. The van der Waals surface area contributed by atoms with Crippen molar-refractivity contribution in [2.24, 2.45) is 0 Å². The number of pyridine rings is 1. The third kappa shape index (κ3) is 2.71. The molecule has 2 rings (SSSR count). The normalized spacial score (nSPS) is 10.4. The molecule has 0 saturated heterocycles. The molecule has 0 amide bonds. The molecule has 7 heteroatoms. The van der Waals surface area contributed by atoms with Gasteiger partial charge in [-0.25, -0.2) is 22.9 Å². The van der Waals surface area contributed by atoms with Crippen LogP contribution in [0.15, 0.2) is 24.3 Å². The van der Waals surface area contributed by atoms with E-state index in [-0.39, 0.29) is 22.8 Å². The van der Waals surface area contributed by atoms with Gasteiger partial charge in [-0.15, -0.1) is 0 Å². The van der Waals surface area contributed by atoms with Gasteiger partial charge in [-0.2, -0.15) is 0 Å². The summed E-state index contributed by atoms with van der Waals surface area (Å²) in [6.07, 6.45) is 0. The molecule has 0 saturated carbocycles. The topological polar surface area (TPSA) is 62.2 Å². The van der Waals surface area contributed by atoms with Crippen LogP contribution in [0.3, 0.4) is 0 Å². The average molecular weight is 282 g/mol. The van der Waals surface area contributed by atoms with Gasteiger partial charge in [0.15, 0.2) is 11.6 Å². The predicted octanol–water partition coefficient (Wildman–Crippen LogP) is 3.25. The van der Waals surface area contributed by atoms with Crippen LogP contribution in [0.25, 0.3) is 0 Å². The van der Waals surface area contributed by atoms with E-state index in [1.807, 2.05) is 0 Å². The maximum Gasteiger partial charge on any atom is 0.337 e. The Morgan fingerprint density at radius 3 is 2.40 bits per heavy atom. The summed E-state index contributed by atoms with van der Waals surface area (Å²) >= 11 is 0. The molecule has 0 aliphatic rings. The van der Waals surface area contributed by atoms with E-state index in [2.05, 4.69) is 10.3 Å². The lowest BCUT2D eigenvalue weighted by Gasteiger charge is -2.09. The third-order valence-corrected chi connectivity index (χ3v) is 2.59. The summed E-state index contributed by atoms with van der Waals surface area (Å²) in [6, 6.07) is 3.66. The van der Waals surface area contributed by atoms with Crippen LogP contribution in [0.4, 0.5) is 24.7 Å². The second-order valence-corrected chi connectivity index (χ2v) is 4.01. The standard InChI is InChI=1S/C13H9F3N2O2/c1-6-7(13(19)20)2-3-12(17-6)18-11-5-9(15)8(14)4-10(11)16/h2-5H,1H3,(H,17,18)(H,19,20). The number of nitrogens with zero attached hydrogens (tertiary/aromatic N) is 1. The molecule has 20 heavy (non-hydrogen) atoms. The molecule has 1 heterocycles. The Bertz CT molecular complexity index is 690. The second kappa shape index (κ2) is 5.20. The third-order valence-electron chi connectivity index (χ3n) is 2.59. The van der Waals surface area contributed by atoms with Gasteiger partial charge in [0.05, 0.1) is 16.9 Å². The lowest BCUT2D eigenvalue weighted by atomic mass is 10.2. The summed E-state index contributed by atoms with van der Waals surface area (Å²) in [5.74, 6) is -4.49. The van der Waals surface area contributed by atoms with Crippen LogP contribution in [0.1, 0.15) is 16.1 Å². The van der Waals surface area contributed by atoms with Gasteiger partial charge in [-0.05, 0) is 19.1 Å². The van der Waals surface area contributed by atoms with E-state index in [1.54, 1.807) is 0 Å². The zero-order valence-corrected chi connectivity index (χ0v) is 10.2. The summed E-state index contributed by atoms with van der Waals surface area (Å²) < 4.78 is 39.2. The molecule has 1 aromatic carbocycles. The van der Waals surface area contributed by atoms with Gasteiger partial charge in [0.2, 0.25) is 0 Å². The van der Waals surface area contributed by atoms with Crippen molar-refractivity contribution in [3.8, 4) is 0 Å². The largest absolute Gasteiger partial charge is 0.478 e. The van der Waals surface area contributed by atoms with E-state index in [0.717, 1.165) is 0 Å². The van der Waals surface area contributed by atoms with Gasteiger partial charge < -0.3 is 10.4 Å². The number of aromatic carboxylic acids is 1. The first-order valence-corrected chi connectivity index (χ1v) is 5.51. The van der Waals surface area contributed by atoms with E-state index < -0.39 is 23.4 Å². The number of aromatic nitrogens is 1. The van der Waals surface area contributed by atoms with Crippen LogP contribution in [0.5, 0.6) is 0 Å². The van der Waals surface area contributed by atoms with E-state index in [4.69, 9.17) is 5.11 Å². The Kier molecular flexibility index (Phi) is 3.60. The molecule has 4 nitrogen and oxygen atoms in total. The molecule has 0 spiro atoms. The minimum atomic E-state index is -1.29. The fraction of sp³-hybridized carbons (Fsp3) is 0.0769. The minimum Gasteiger partial charge on any atom is -0.478 e. The first-order chi connectivity index (χ1) is 9.38. The molecule has 1 aromatic heterocycles. The number of carboxylic acid groups (broad SMARTS) is 1. The number of anilines is 2. The number of rotatable bonds is 3. The fourth-order valence-electron chi connectivity index (χ4n) is 1.61. The Labute approximate surface area is 111 Å². The monoisotopic (exact) mass is 282 g/mol. The molecule has 0 radical (unpaired) electrons. The Balaban J connectivity index is 2.33. The van der Waals surface area contributed by atoms with Crippen LogP contribution in [-0.2, 0) is 0 Å². The molecule has 0 fully saturated rings. The summed E-state index contributed by atoms with van der Waals surface area (Å²) in [5, 5.41) is 11.3. The van der Waals surface area contributed by atoms with Crippen molar-refractivity contribution in [2.75, 3.05) is 5.32 Å². The van der Waals surface area contributed by atoms with Crippen LogP contribution < -0.4 is 5.32 Å². The van der Waals surface area contributed by atoms with E-state index in [1.165, 1.54) is 19.1 Å². The minimum absolute atomic E-state index is 0.00121. The SMILES string of the molecule is Cc1nc(Nc2cc(F)c(F)cc2F)ccc1C(=O)O. The molecule has 2 N–H and O–H groups in total. The highest BCUT2D eigenvalue weighted by molar-refractivity contribution is 5.89. The van der Waals surface area contributed by atoms with Gasteiger partial charge in [0, 0.05) is 12.1 Å². The summed E-state index contributed by atoms with van der Waals surface area (Å²) in [4.78, 5) is 14.7. The van der Waals surface area contributed by atoms with E-state index in [0.29, 0.717) is 12.1 Å². The number of carbonyl (C=O) groups is 1. The fourth-order valence-corrected chi connectivity index (χ4v) is 1.61. The number of aryl methyl sites for hydroxylation is 1. The van der Waals surface area contributed by atoms with Crippen LogP contribution in [-0.4, -0.2) is 16.1 Å². The molecule has 0 atom stereocenters. The van der Waals surface area contributed by atoms with E-state index >= 15 is 0 Å². The lowest BCUT2D eigenvalue weighted by Crippen LogP contribution is -2.04.